The minimum absolute atomic E-state index is 0.216. The van der Waals surface area contributed by atoms with Gasteiger partial charge in [-0.2, -0.15) is 0 Å². The fourth-order valence-corrected chi connectivity index (χ4v) is 3.47. The Morgan fingerprint density at radius 2 is 2.09 bits per heavy atom. The summed E-state index contributed by atoms with van der Waals surface area (Å²) in [6.07, 6.45) is 0.522. The Balaban J connectivity index is 1.89. The van der Waals surface area contributed by atoms with Crippen molar-refractivity contribution in [1.82, 2.24) is 10.3 Å². The molecule has 1 fully saturated rings. The lowest BCUT2D eigenvalue weighted by molar-refractivity contribution is -0.134. The molecular weight excluding hydrogens is 350 g/mol. The molecule has 3 amide bonds. The minimum Gasteiger partial charge on any atom is -0.295 e. The van der Waals surface area contributed by atoms with Crippen molar-refractivity contribution in [2.24, 2.45) is 0 Å². The Labute approximate surface area is 133 Å². The number of pyridine rings is 1. The maximum Gasteiger partial charge on any atom is 0.260 e. The van der Waals surface area contributed by atoms with Crippen LogP contribution in [-0.4, -0.2) is 28.7 Å². The lowest BCUT2D eigenvalue weighted by atomic mass is 10.0. The van der Waals surface area contributed by atoms with Crippen molar-refractivity contribution in [3.05, 3.63) is 34.4 Å². The van der Waals surface area contributed by atoms with E-state index in [0.29, 0.717) is 22.4 Å². The third-order valence-corrected chi connectivity index (χ3v) is 4.41. The molecule has 2 aliphatic heterocycles. The molecule has 6 nitrogen and oxygen atoms in total. The quantitative estimate of drug-likeness (QED) is 0.621. The van der Waals surface area contributed by atoms with Crippen LogP contribution >= 0.6 is 15.9 Å². The highest BCUT2D eigenvalue weighted by Crippen LogP contribution is 2.39. The molecule has 0 spiro atoms. The van der Waals surface area contributed by atoms with Gasteiger partial charge in [0.25, 0.3) is 5.91 Å². The molecule has 22 heavy (non-hydrogen) atoms. The molecule has 2 aromatic rings. The summed E-state index contributed by atoms with van der Waals surface area (Å²) in [6, 6.07) is 6.57. The average Bonchev–Trinajstić information content (AvgIpc) is 2.74. The van der Waals surface area contributed by atoms with Crippen molar-refractivity contribution in [3.8, 4) is 0 Å². The maximum absolute atomic E-state index is 12.7. The van der Waals surface area contributed by atoms with Crippen molar-refractivity contribution in [2.75, 3.05) is 4.90 Å². The summed E-state index contributed by atoms with van der Waals surface area (Å²) < 4.78 is 0.596. The summed E-state index contributed by atoms with van der Waals surface area (Å²) in [6.45, 7) is 0. The van der Waals surface area contributed by atoms with E-state index >= 15 is 0 Å². The molecule has 3 heterocycles. The predicted octanol–water partition coefficient (Wildman–Crippen LogP) is 1.76. The van der Waals surface area contributed by atoms with E-state index in [1.54, 1.807) is 12.1 Å². The van der Waals surface area contributed by atoms with Gasteiger partial charge in [0.05, 0.1) is 5.56 Å². The number of benzene rings is 1. The molecule has 7 heteroatoms. The van der Waals surface area contributed by atoms with E-state index < -0.39 is 11.9 Å². The number of aromatic nitrogens is 1. The van der Waals surface area contributed by atoms with E-state index in [-0.39, 0.29) is 18.2 Å². The first-order valence-electron chi connectivity index (χ1n) is 6.83. The third kappa shape index (κ3) is 1.78. The Morgan fingerprint density at radius 3 is 2.86 bits per heavy atom. The molecule has 1 atom stereocenters. The zero-order valence-corrected chi connectivity index (χ0v) is 12.9. The van der Waals surface area contributed by atoms with Crippen LogP contribution in [0, 0.1) is 0 Å². The number of carbonyl (C=O) groups excluding carboxylic acids is 3. The largest absolute Gasteiger partial charge is 0.295 e. The topological polar surface area (TPSA) is 79.4 Å². The van der Waals surface area contributed by atoms with Crippen LogP contribution in [0.2, 0.25) is 0 Å². The van der Waals surface area contributed by atoms with Crippen molar-refractivity contribution in [3.63, 3.8) is 0 Å². The first kappa shape index (κ1) is 13.4. The lowest BCUT2D eigenvalue weighted by Gasteiger charge is -2.29. The monoisotopic (exact) mass is 359 g/mol. The summed E-state index contributed by atoms with van der Waals surface area (Å²) >= 11 is 3.34. The van der Waals surface area contributed by atoms with Crippen LogP contribution in [-0.2, 0) is 9.59 Å². The second-order valence-electron chi connectivity index (χ2n) is 5.31. The van der Waals surface area contributed by atoms with Crippen LogP contribution in [0.3, 0.4) is 0 Å². The molecule has 0 bridgehead atoms. The number of nitrogens with one attached hydrogen (secondary N) is 1. The summed E-state index contributed by atoms with van der Waals surface area (Å²) in [7, 11) is 0. The molecule has 1 aromatic carbocycles. The van der Waals surface area contributed by atoms with Crippen LogP contribution in [0.4, 0.5) is 5.82 Å². The highest BCUT2D eigenvalue weighted by Gasteiger charge is 2.41. The van der Waals surface area contributed by atoms with Crippen molar-refractivity contribution in [1.29, 1.82) is 0 Å². The van der Waals surface area contributed by atoms with Gasteiger partial charge in [0, 0.05) is 11.8 Å². The minimum atomic E-state index is -0.706. The van der Waals surface area contributed by atoms with Gasteiger partial charge >= 0.3 is 0 Å². The molecule has 4 rings (SSSR count). The molecule has 1 N–H and O–H groups in total. The maximum atomic E-state index is 12.7. The van der Waals surface area contributed by atoms with Gasteiger partial charge < -0.3 is 0 Å². The van der Waals surface area contributed by atoms with Gasteiger partial charge in [-0.05, 0) is 39.9 Å². The zero-order valence-electron chi connectivity index (χ0n) is 11.3. The Kier molecular flexibility index (Phi) is 2.80. The Morgan fingerprint density at radius 1 is 1.27 bits per heavy atom. The van der Waals surface area contributed by atoms with Gasteiger partial charge in [-0.3, -0.25) is 24.6 Å². The van der Waals surface area contributed by atoms with E-state index in [1.165, 1.54) is 4.90 Å². The molecule has 1 aromatic heterocycles. The fraction of sp³-hybridized carbons (Fsp3) is 0.200. The number of halogens is 1. The number of piperidine rings is 1. The van der Waals surface area contributed by atoms with E-state index in [9.17, 15) is 14.4 Å². The fourth-order valence-electron chi connectivity index (χ4n) is 3.05. The van der Waals surface area contributed by atoms with Crippen LogP contribution in [0.25, 0.3) is 10.8 Å². The molecule has 110 valence electrons. The molecule has 0 saturated carbocycles. The molecule has 1 saturated heterocycles. The summed E-state index contributed by atoms with van der Waals surface area (Å²) in [5.41, 5.74) is 0.539. The van der Waals surface area contributed by atoms with Gasteiger partial charge in [-0.1, -0.05) is 12.1 Å². The number of nitrogens with zero attached hydrogens (tertiary/aromatic N) is 2. The zero-order chi connectivity index (χ0) is 15.4. The molecule has 2 aliphatic rings. The number of amides is 3. The Hall–Kier alpha value is -2.28. The van der Waals surface area contributed by atoms with E-state index in [4.69, 9.17) is 0 Å². The van der Waals surface area contributed by atoms with Gasteiger partial charge in [-0.25, -0.2) is 4.98 Å². The van der Waals surface area contributed by atoms with Crippen molar-refractivity contribution in [2.45, 2.75) is 18.9 Å². The molecule has 0 radical (unpaired) electrons. The van der Waals surface area contributed by atoms with Gasteiger partial charge in [0.15, 0.2) is 0 Å². The second kappa shape index (κ2) is 4.61. The van der Waals surface area contributed by atoms with Crippen LogP contribution in [0.1, 0.15) is 23.2 Å². The SMILES string of the molecule is O=C1CCC(N2C(=O)c3cccc4cc(Br)nc2c34)C(=O)N1. The van der Waals surface area contributed by atoms with Crippen molar-refractivity contribution < 1.29 is 14.4 Å². The Bertz CT molecular complexity index is 864. The van der Waals surface area contributed by atoms with E-state index in [1.807, 2.05) is 12.1 Å². The number of hydrogen-bond acceptors (Lipinski definition) is 4. The average molecular weight is 360 g/mol. The van der Waals surface area contributed by atoms with E-state index in [2.05, 4.69) is 26.2 Å². The number of carbonyl (C=O) groups is 3. The second-order valence-corrected chi connectivity index (χ2v) is 6.13. The van der Waals surface area contributed by atoms with Gasteiger partial charge in [-0.15, -0.1) is 0 Å². The lowest BCUT2D eigenvalue weighted by Crippen LogP contribution is -2.53. The van der Waals surface area contributed by atoms with Crippen LogP contribution in [0.5, 0.6) is 0 Å². The highest BCUT2D eigenvalue weighted by molar-refractivity contribution is 9.10. The number of imide groups is 1. The predicted molar refractivity (Wildman–Crippen MR) is 82.4 cm³/mol. The van der Waals surface area contributed by atoms with E-state index in [0.717, 1.165) is 10.8 Å². The number of hydrogen-bond donors (Lipinski definition) is 1. The first-order chi connectivity index (χ1) is 10.6. The highest BCUT2D eigenvalue weighted by atomic mass is 79.9. The summed E-state index contributed by atoms with van der Waals surface area (Å²) in [5.74, 6) is -0.537. The molecule has 1 unspecified atom stereocenters. The number of anilines is 1. The first-order valence-corrected chi connectivity index (χ1v) is 7.62. The van der Waals surface area contributed by atoms with Gasteiger partial charge in [0.1, 0.15) is 16.5 Å². The third-order valence-electron chi connectivity index (χ3n) is 4.01. The smallest absolute Gasteiger partial charge is 0.260 e. The van der Waals surface area contributed by atoms with Crippen molar-refractivity contribution >= 4 is 50.2 Å². The normalized spacial score (nSPS) is 20.7. The summed E-state index contributed by atoms with van der Waals surface area (Å²) in [4.78, 5) is 42.0. The molecule has 0 aliphatic carbocycles. The van der Waals surface area contributed by atoms with Crippen LogP contribution < -0.4 is 10.2 Å². The molecular formula is C15H10BrN3O3. The number of rotatable bonds is 1. The van der Waals surface area contributed by atoms with Crippen LogP contribution in [0.15, 0.2) is 28.9 Å². The standard InChI is InChI=1S/C15H10BrN3O3/c16-10-6-7-2-1-3-8-12(7)13(17-10)19(15(8)22)9-4-5-11(20)18-14(9)21/h1-3,6,9H,4-5H2,(H,18,20,21). The van der Waals surface area contributed by atoms with Gasteiger partial charge in [0.2, 0.25) is 11.8 Å². The summed E-state index contributed by atoms with van der Waals surface area (Å²) in [5, 5.41) is 3.93.